The number of para-hydroxylation sites is 1. The van der Waals surface area contributed by atoms with Crippen LogP contribution < -0.4 is 0 Å². The number of carbonyl (C=O) groups excluding carboxylic acids is 1. The minimum Gasteiger partial charge on any atom is -0.349 e. The summed E-state index contributed by atoms with van der Waals surface area (Å²) >= 11 is 1.59. The van der Waals surface area contributed by atoms with Gasteiger partial charge in [0.1, 0.15) is 0 Å². The van der Waals surface area contributed by atoms with Crippen LogP contribution in [0.5, 0.6) is 0 Å². The first-order chi connectivity index (χ1) is 9.26. The maximum absolute atomic E-state index is 11.1. The number of hydrogen-bond donors (Lipinski definition) is 1. The number of aromatic nitrogens is 1. The Balaban J connectivity index is 1.98. The van der Waals surface area contributed by atoms with Crippen molar-refractivity contribution in [3.8, 4) is 0 Å². The lowest BCUT2D eigenvalue weighted by molar-refractivity contribution is 0.112. The molecule has 19 heavy (non-hydrogen) atoms. The third-order valence-corrected chi connectivity index (χ3v) is 4.05. The van der Waals surface area contributed by atoms with Crippen molar-refractivity contribution in [3.05, 3.63) is 59.7 Å². The predicted octanol–water partition coefficient (Wildman–Crippen LogP) is 4.44. The van der Waals surface area contributed by atoms with Crippen LogP contribution in [0.15, 0.2) is 58.5 Å². The summed E-state index contributed by atoms with van der Waals surface area (Å²) in [7, 11) is 0. The monoisotopic (exact) mass is 267 g/mol. The number of aromatic amines is 1. The van der Waals surface area contributed by atoms with E-state index in [4.69, 9.17) is 0 Å². The molecule has 0 fully saturated rings. The molecule has 1 N–H and O–H groups in total. The molecule has 2 nitrogen and oxygen atoms in total. The van der Waals surface area contributed by atoms with Gasteiger partial charge in [0.05, 0.1) is 5.03 Å². The van der Waals surface area contributed by atoms with Crippen LogP contribution in [-0.4, -0.2) is 11.3 Å². The molecular formula is C16H13NOS. The highest BCUT2D eigenvalue weighted by atomic mass is 32.2. The molecular weight excluding hydrogens is 254 g/mol. The summed E-state index contributed by atoms with van der Waals surface area (Å²) in [6.07, 6.45) is 0.915. The van der Waals surface area contributed by atoms with Crippen molar-refractivity contribution in [2.45, 2.75) is 16.8 Å². The van der Waals surface area contributed by atoms with E-state index in [1.54, 1.807) is 11.8 Å². The summed E-state index contributed by atoms with van der Waals surface area (Å²) in [6.45, 7) is 1.99. The van der Waals surface area contributed by atoms with E-state index in [-0.39, 0.29) is 0 Å². The number of fused-ring (bicyclic) bond motifs is 1. The lowest BCUT2D eigenvalue weighted by Crippen LogP contribution is -1.86. The van der Waals surface area contributed by atoms with E-state index in [2.05, 4.69) is 23.2 Å². The average molecular weight is 267 g/mol. The van der Waals surface area contributed by atoms with Crippen LogP contribution in [-0.2, 0) is 0 Å². The molecule has 0 spiro atoms. The van der Waals surface area contributed by atoms with E-state index in [1.807, 2.05) is 37.3 Å². The molecule has 0 aliphatic carbocycles. The highest BCUT2D eigenvalue weighted by Gasteiger charge is 2.06. The molecule has 0 saturated heterocycles. The molecule has 0 amide bonds. The molecule has 0 unspecified atom stereocenters. The smallest absolute Gasteiger partial charge is 0.151 e. The van der Waals surface area contributed by atoms with Crippen LogP contribution in [0.1, 0.15) is 15.9 Å². The second-order valence-electron chi connectivity index (χ2n) is 4.48. The standard InChI is InChI=1S/C16H13NOS/c1-11-6-7-15(13(8-11)10-18)19-16-9-12-4-2-3-5-14(12)17-16/h2-10,17H,1H3. The summed E-state index contributed by atoms with van der Waals surface area (Å²) in [5.41, 5.74) is 2.96. The zero-order valence-electron chi connectivity index (χ0n) is 10.5. The zero-order chi connectivity index (χ0) is 13.2. The van der Waals surface area contributed by atoms with Crippen molar-refractivity contribution in [3.63, 3.8) is 0 Å². The van der Waals surface area contributed by atoms with Gasteiger partial charge in [-0.1, -0.05) is 41.6 Å². The minimum absolute atomic E-state index is 0.739. The third kappa shape index (κ3) is 2.42. The molecule has 1 aromatic heterocycles. The van der Waals surface area contributed by atoms with Crippen LogP contribution >= 0.6 is 11.8 Å². The Labute approximate surface area is 115 Å². The summed E-state index contributed by atoms with van der Waals surface area (Å²) in [6, 6.07) is 16.2. The van der Waals surface area contributed by atoms with E-state index in [1.165, 1.54) is 5.39 Å². The molecule has 94 valence electrons. The minimum atomic E-state index is 0.739. The van der Waals surface area contributed by atoms with Crippen molar-refractivity contribution in [2.24, 2.45) is 0 Å². The largest absolute Gasteiger partial charge is 0.349 e. The van der Waals surface area contributed by atoms with E-state index < -0.39 is 0 Å². The van der Waals surface area contributed by atoms with Crippen molar-refractivity contribution in [1.29, 1.82) is 0 Å². The van der Waals surface area contributed by atoms with Crippen LogP contribution in [0, 0.1) is 6.92 Å². The van der Waals surface area contributed by atoms with Crippen molar-refractivity contribution >= 4 is 29.0 Å². The number of benzene rings is 2. The molecule has 0 aliphatic heterocycles. The Hall–Kier alpha value is -2.00. The molecule has 0 atom stereocenters. The lowest BCUT2D eigenvalue weighted by atomic mass is 10.2. The van der Waals surface area contributed by atoms with Crippen LogP contribution in [0.4, 0.5) is 0 Å². The van der Waals surface area contributed by atoms with Gasteiger partial charge in [0.25, 0.3) is 0 Å². The molecule has 3 rings (SSSR count). The number of nitrogens with one attached hydrogen (secondary N) is 1. The first-order valence-corrected chi connectivity index (χ1v) is 6.89. The summed E-state index contributed by atoms with van der Waals surface area (Å²) in [4.78, 5) is 15.5. The second-order valence-corrected chi connectivity index (χ2v) is 5.57. The lowest BCUT2D eigenvalue weighted by Gasteiger charge is -2.03. The van der Waals surface area contributed by atoms with Gasteiger partial charge in [-0.3, -0.25) is 4.79 Å². The highest BCUT2D eigenvalue weighted by molar-refractivity contribution is 7.99. The molecule has 0 aliphatic rings. The fourth-order valence-corrected chi connectivity index (χ4v) is 3.02. The van der Waals surface area contributed by atoms with E-state index in [9.17, 15) is 4.79 Å². The first-order valence-electron chi connectivity index (χ1n) is 6.08. The highest BCUT2D eigenvalue weighted by Crippen LogP contribution is 2.31. The number of rotatable bonds is 3. The summed E-state index contributed by atoms with van der Waals surface area (Å²) < 4.78 is 0. The predicted molar refractivity (Wildman–Crippen MR) is 79.0 cm³/mol. The Morgan fingerprint density at radius 2 is 1.95 bits per heavy atom. The quantitative estimate of drug-likeness (QED) is 0.712. The Kier molecular flexibility index (Phi) is 3.13. The topological polar surface area (TPSA) is 32.9 Å². The van der Waals surface area contributed by atoms with E-state index >= 15 is 0 Å². The molecule has 0 bridgehead atoms. The number of hydrogen-bond acceptors (Lipinski definition) is 2. The van der Waals surface area contributed by atoms with Gasteiger partial charge in [0.2, 0.25) is 0 Å². The number of aryl methyl sites for hydroxylation is 1. The van der Waals surface area contributed by atoms with Crippen molar-refractivity contribution in [2.75, 3.05) is 0 Å². The second kappa shape index (κ2) is 4.94. The number of aldehydes is 1. The van der Waals surface area contributed by atoms with Gasteiger partial charge in [-0.2, -0.15) is 0 Å². The van der Waals surface area contributed by atoms with Crippen LogP contribution in [0.3, 0.4) is 0 Å². The Bertz CT molecular complexity index is 712. The first kappa shape index (κ1) is 12.1. The fourth-order valence-electron chi connectivity index (χ4n) is 2.07. The number of H-pyrrole nitrogens is 1. The van der Waals surface area contributed by atoms with Gasteiger partial charge in [0.15, 0.2) is 6.29 Å². The van der Waals surface area contributed by atoms with Gasteiger partial charge in [-0.15, -0.1) is 0 Å². The Morgan fingerprint density at radius 3 is 2.74 bits per heavy atom. The SMILES string of the molecule is Cc1ccc(Sc2cc3ccccc3[nH]2)c(C=O)c1. The zero-order valence-corrected chi connectivity index (χ0v) is 11.3. The molecule has 0 saturated carbocycles. The molecule has 1 heterocycles. The molecule has 2 aromatic carbocycles. The van der Waals surface area contributed by atoms with Crippen molar-refractivity contribution < 1.29 is 4.79 Å². The van der Waals surface area contributed by atoms with Gasteiger partial charge >= 0.3 is 0 Å². The van der Waals surface area contributed by atoms with E-state index in [0.29, 0.717) is 0 Å². The summed E-state index contributed by atoms with van der Waals surface area (Å²) in [5.74, 6) is 0. The van der Waals surface area contributed by atoms with Gasteiger partial charge in [-0.25, -0.2) is 0 Å². The summed E-state index contributed by atoms with van der Waals surface area (Å²) in [5, 5.41) is 2.23. The molecule has 0 radical (unpaired) electrons. The average Bonchev–Trinajstić information content (AvgIpc) is 2.83. The van der Waals surface area contributed by atoms with Gasteiger partial charge in [0, 0.05) is 21.4 Å². The fraction of sp³-hybridized carbons (Fsp3) is 0.0625. The molecule has 3 heteroatoms. The molecule has 3 aromatic rings. The van der Waals surface area contributed by atoms with Crippen LogP contribution in [0.2, 0.25) is 0 Å². The maximum Gasteiger partial charge on any atom is 0.151 e. The third-order valence-electron chi connectivity index (χ3n) is 3.02. The van der Waals surface area contributed by atoms with Gasteiger partial charge < -0.3 is 4.98 Å². The van der Waals surface area contributed by atoms with Crippen LogP contribution in [0.25, 0.3) is 10.9 Å². The normalized spacial score (nSPS) is 10.8. The van der Waals surface area contributed by atoms with Gasteiger partial charge in [-0.05, 0) is 31.2 Å². The van der Waals surface area contributed by atoms with Crippen molar-refractivity contribution in [1.82, 2.24) is 4.98 Å². The van der Waals surface area contributed by atoms with E-state index in [0.717, 1.165) is 32.9 Å². The maximum atomic E-state index is 11.1. The Morgan fingerprint density at radius 1 is 1.11 bits per heavy atom. The number of carbonyl (C=O) groups is 1.